The van der Waals surface area contributed by atoms with Crippen LogP contribution < -0.4 is 5.73 Å². The number of benzene rings is 1. The molecule has 0 spiro atoms. The predicted molar refractivity (Wildman–Crippen MR) is 77.1 cm³/mol. The molecule has 0 aliphatic rings. The van der Waals surface area contributed by atoms with E-state index in [0.717, 1.165) is 33.4 Å². The molecular weight excluding hydrogens is 252 g/mol. The van der Waals surface area contributed by atoms with Crippen molar-refractivity contribution in [1.82, 2.24) is 4.98 Å². The van der Waals surface area contributed by atoms with Gasteiger partial charge in [-0.25, -0.2) is 0 Å². The molecule has 2 N–H and O–H groups in total. The van der Waals surface area contributed by atoms with Crippen LogP contribution in [0.4, 0.5) is 0 Å². The summed E-state index contributed by atoms with van der Waals surface area (Å²) in [5, 5.41) is 0.968. The van der Waals surface area contributed by atoms with Crippen LogP contribution in [0.2, 0.25) is 0 Å². The fourth-order valence-corrected chi connectivity index (χ4v) is 2.29. The van der Waals surface area contributed by atoms with Gasteiger partial charge in [0.25, 0.3) is 0 Å². The second kappa shape index (κ2) is 4.81. The van der Waals surface area contributed by atoms with Crippen molar-refractivity contribution in [3.63, 3.8) is 0 Å². The lowest BCUT2D eigenvalue weighted by Gasteiger charge is -1.99. The largest absolute Gasteiger partial charge is 0.456 e. The monoisotopic (exact) mass is 266 g/mol. The van der Waals surface area contributed by atoms with E-state index in [0.29, 0.717) is 0 Å². The maximum absolute atomic E-state index is 11.0. The Balaban J connectivity index is 2.07. The molecule has 100 valence electrons. The molecule has 0 fully saturated rings. The molecule has 20 heavy (non-hydrogen) atoms. The molecule has 4 nitrogen and oxygen atoms in total. The maximum Gasteiger partial charge on any atom is 0.221 e. The highest BCUT2D eigenvalue weighted by Gasteiger charge is 2.09. The van der Waals surface area contributed by atoms with E-state index in [1.165, 1.54) is 0 Å². The quantitative estimate of drug-likeness (QED) is 0.792. The summed E-state index contributed by atoms with van der Waals surface area (Å²) >= 11 is 0. The molecule has 0 aliphatic carbocycles. The van der Waals surface area contributed by atoms with E-state index in [-0.39, 0.29) is 12.3 Å². The number of aromatic nitrogens is 1. The number of furan rings is 1. The Morgan fingerprint density at radius 1 is 1.30 bits per heavy atom. The van der Waals surface area contributed by atoms with Gasteiger partial charge in [-0.05, 0) is 42.3 Å². The molecule has 2 heterocycles. The van der Waals surface area contributed by atoms with Gasteiger partial charge in [0.2, 0.25) is 5.91 Å². The summed E-state index contributed by atoms with van der Waals surface area (Å²) in [5.74, 6) is 0.467. The normalized spacial score (nSPS) is 10.8. The number of nitrogens with zero attached hydrogens (tertiary/aromatic N) is 1. The molecule has 3 rings (SSSR count). The van der Waals surface area contributed by atoms with E-state index in [2.05, 4.69) is 4.98 Å². The van der Waals surface area contributed by atoms with E-state index >= 15 is 0 Å². The number of carbonyl (C=O) groups excluding carboxylic acids is 1. The highest BCUT2D eigenvalue weighted by Crippen LogP contribution is 2.30. The van der Waals surface area contributed by atoms with Crippen LogP contribution in [-0.4, -0.2) is 10.9 Å². The van der Waals surface area contributed by atoms with Gasteiger partial charge in [0, 0.05) is 23.3 Å². The van der Waals surface area contributed by atoms with Crippen molar-refractivity contribution in [3.05, 3.63) is 53.9 Å². The molecule has 1 aromatic carbocycles. The van der Waals surface area contributed by atoms with Crippen molar-refractivity contribution >= 4 is 16.9 Å². The Morgan fingerprint density at radius 3 is 2.90 bits per heavy atom. The fraction of sp³-hybridized carbons (Fsp3) is 0.125. The van der Waals surface area contributed by atoms with Gasteiger partial charge in [0.1, 0.15) is 11.3 Å². The predicted octanol–water partition coefficient (Wildman–Crippen LogP) is 2.83. The van der Waals surface area contributed by atoms with Crippen LogP contribution in [0.3, 0.4) is 0 Å². The molecule has 0 radical (unpaired) electrons. The molecule has 0 aliphatic heterocycles. The molecule has 0 saturated heterocycles. The number of hydrogen-bond acceptors (Lipinski definition) is 3. The van der Waals surface area contributed by atoms with Crippen molar-refractivity contribution in [3.8, 4) is 11.3 Å². The Hall–Kier alpha value is -2.62. The van der Waals surface area contributed by atoms with Gasteiger partial charge >= 0.3 is 0 Å². The zero-order valence-corrected chi connectivity index (χ0v) is 11.1. The number of fused-ring (bicyclic) bond motifs is 1. The minimum Gasteiger partial charge on any atom is -0.456 e. The van der Waals surface area contributed by atoms with Gasteiger partial charge in [-0.2, -0.15) is 0 Å². The van der Waals surface area contributed by atoms with Gasteiger partial charge in [0.15, 0.2) is 0 Å². The van der Waals surface area contributed by atoms with Crippen LogP contribution in [0.5, 0.6) is 0 Å². The summed E-state index contributed by atoms with van der Waals surface area (Å²) in [7, 11) is 0. The van der Waals surface area contributed by atoms with Crippen LogP contribution in [-0.2, 0) is 11.2 Å². The summed E-state index contributed by atoms with van der Waals surface area (Å²) in [6, 6.07) is 9.57. The molecule has 0 bridgehead atoms. The maximum atomic E-state index is 11.0. The molecule has 0 saturated carbocycles. The zero-order valence-electron chi connectivity index (χ0n) is 11.1. The molecule has 4 heteroatoms. The third kappa shape index (κ3) is 2.28. The van der Waals surface area contributed by atoms with E-state index in [1.807, 2.05) is 37.3 Å². The summed E-state index contributed by atoms with van der Waals surface area (Å²) in [4.78, 5) is 15.0. The Bertz CT molecular complexity index is 790. The first-order valence-electron chi connectivity index (χ1n) is 6.35. The highest BCUT2D eigenvalue weighted by molar-refractivity contribution is 5.85. The lowest BCUT2D eigenvalue weighted by molar-refractivity contribution is -0.117. The number of hydrogen-bond donors (Lipinski definition) is 1. The Kier molecular flexibility index (Phi) is 2.99. The molecule has 2 aromatic heterocycles. The Morgan fingerprint density at radius 2 is 2.15 bits per heavy atom. The molecule has 1 amide bonds. The van der Waals surface area contributed by atoms with Crippen molar-refractivity contribution in [2.75, 3.05) is 0 Å². The molecule has 0 unspecified atom stereocenters. The Labute approximate surface area is 116 Å². The summed E-state index contributed by atoms with van der Waals surface area (Å²) < 4.78 is 5.85. The topological polar surface area (TPSA) is 69.1 Å². The van der Waals surface area contributed by atoms with E-state index in [1.54, 1.807) is 12.4 Å². The summed E-state index contributed by atoms with van der Waals surface area (Å²) in [6.45, 7) is 1.99. The first kappa shape index (κ1) is 12.4. The van der Waals surface area contributed by atoms with Gasteiger partial charge in [-0.15, -0.1) is 0 Å². The van der Waals surface area contributed by atoms with Crippen LogP contribution in [0.1, 0.15) is 11.1 Å². The van der Waals surface area contributed by atoms with Crippen LogP contribution in [0.25, 0.3) is 22.3 Å². The third-order valence-corrected chi connectivity index (χ3v) is 3.24. The lowest BCUT2D eigenvalue weighted by atomic mass is 10.1. The third-order valence-electron chi connectivity index (χ3n) is 3.24. The number of nitrogens with two attached hydrogens (primary N) is 1. The minimum absolute atomic E-state index is 0.241. The summed E-state index contributed by atoms with van der Waals surface area (Å²) in [6.07, 6.45) is 3.79. The van der Waals surface area contributed by atoms with Crippen molar-refractivity contribution in [2.45, 2.75) is 13.3 Å². The van der Waals surface area contributed by atoms with Crippen molar-refractivity contribution in [2.24, 2.45) is 5.73 Å². The van der Waals surface area contributed by atoms with Crippen LogP contribution in [0, 0.1) is 6.92 Å². The molecular formula is C16H14N2O2. The lowest BCUT2D eigenvalue weighted by Crippen LogP contribution is -2.13. The molecule has 0 atom stereocenters. The number of carbonyl (C=O) groups is 1. The van der Waals surface area contributed by atoms with Crippen LogP contribution in [0.15, 0.2) is 47.1 Å². The molecule has 3 aromatic rings. The second-order valence-corrected chi connectivity index (χ2v) is 4.82. The fourth-order valence-electron chi connectivity index (χ4n) is 2.29. The number of primary amides is 1. The average molecular weight is 266 g/mol. The van der Waals surface area contributed by atoms with E-state index in [4.69, 9.17) is 10.2 Å². The van der Waals surface area contributed by atoms with Crippen molar-refractivity contribution in [1.29, 1.82) is 0 Å². The number of aryl methyl sites for hydroxylation is 1. The van der Waals surface area contributed by atoms with Gasteiger partial charge in [-0.3, -0.25) is 9.78 Å². The van der Waals surface area contributed by atoms with Gasteiger partial charge < -0.3 is 10.2 Å². The second-order valence-electron chi connectivity index (χ2n) is 4.82. The number of amides is 1. The number of pyridine rings is 1. The van der Waals surface area contributed by atoms with Gasteiger partial charge in [0.05, 0.1) is 6.42 Å². The van der Waals surface area contributed by atoms with Crippen molar-refractivity contribution < 1.29 is 9.21 Å². The number of rotatable bonds is 3. The standard InChI is InChI=1S/C16H14N2O2/c1-10-9-18-5-4-13(10)15-8-12-6-11(7-16(17)19)2-3-14(12)20-15/h2-6,8-9H,7H2,1H3,(H2,17,19). The van der Waals surface area contributed by atoms with E-state index in [9.17, 15) is 4.79 Å². The summed E-state index contributed by atoms with van der Waals surface area (Å²) in [5.41, 5.74) is 8.98. The van der Waals surface area contributed by atoms with Gasteiger partial charge in [-0.1, -0.05) is 6.07 Å². The van der Waals surface area contributed by atoms with Crippen LogP contribution >= 0.6 is 0 Å². The SMILES string of the molecule is Cc1cnccc1-c1cc2cc(CC(N)=O)ccc2o1. The van der Waals surface area contributed by atoms with E-state index < -0.39 is 0 Å². The highest BCUT2D eigenvalue weighted by atomic mass is 16.3. The average Bonchev–Trinajstić information content (AvgIpc) is 2.81. The minimum atomic E-state index is -0.335. The first-order chi connectivity index (χ1) is 9.63. The first-order valence-corrected chi connectivity index (χ1v) is 6.35. The smallest absolute Gasteiger partial charge is 0.221 e. The zero-order chi connectivity index (χ0) is 14.1.